The summed E-state index contributed by atoms with van der Waals surface area (Å²) < 4.78 is 0. The van der Waals surface area contributed by atoms with E-state index in [2.05, 4.69) is 0 Å². The molecule has 2 aromatic rings. The van der Waals surface area contributed by atoms with Crippen molar-refractivity contribution in [3.63, 3.8) is 0 Å². The summed E-state index contributed by atoms with van der Waals surface area (Å²) in [7, 11) is 0. The number of anilines is 4. The lowest BCUT2D eigenvalue weighted by Gasteiger charge is -2.19. The van der Waals surface area contributed by atoms with Crippen LogP contribution in [0.25, 0.3) is 11.1 Å². The first-order valence-electron chi connectivity index (χ1n) is 6.56. The lowest BCUT2D eigenvalue weighted by atomic mass is 9.90. The SMILES string of the molecule is Cc1cc(N)c(-c2cc(N)c(C)c(N)c2C)c(N)c1C. The highest BCUT2D eigenvalue weighted by Gasteiger charge is 2.16. The highest BCUT2D eigenvalue weighted by molar-refractivity contribution is 5.93. The van der Waals surface area contributed by atoms with Gasteiger partial charge >= 0.3 is 0 Å². The summed E-state index contributed by atoms with van der Waals surface area (Å²) in [4.78, 5) is 0. The van der Waals surface area contributed by atoms with Crippen LogP contribution in [0.5, 0.6) is 0 Å². The molecule has 0 aliphatic carbocycles. The van der Waals surface area contributed by atoms with Gasteiger partial charge in [-0.3, -0.25) is 0 Å². The molecule has 4 nitrogen and oxygen atoms in total. The van der Waals surface area contributed by atoms with Gasteiger partial charge in [-0.15, -0.1) is 0 Å². The van der Waals surface area contributed by atoms with E-state index in [4.69, 9.17) is 22.9 Å². The summed E-state index contributed by atoms with van der Waals surface area (Å²) in [5, 5.41) is 0. The van der Waals surface area contributed by atoms with Gasteiger partial charge in [-0.05, 0) is 67.6 Å². The predicted octanol–water partition coefficient (Wildman–Crippen LogP) is 2.92. The maximum absolute atomic E-state index is 6.26. The van der Waals surface area contributed by atoms with E-state index in [1.165, 1.54) is 0 Å². The van der Waals surface area contributed by atoms with Crippen LogP contribution in [0.1, 0.15) is 22.3 Å². The van der Waals surface area contributed by atoms with Crippen molar-refractivity contribution < 1.29 is 0 Å². The van der Waals surface area contributed by atoms with Gasteiger partial charge in [-0.2, -0.15) is 0 Å². The van der Waals surface area contributed by atoms with Crippen LogP contribution in [0.15, 0.2) is 12.1 Å². The van der Waals surface area contributed by atoms with E-state index in [0.29, 0.717) is 22.7 Å². The first-order valence-corrected chi connectivity index (χ1v) is 6.56. The van der Waals surface area contributed by atoms with Gasteiger partial charge in [0.05, 0.1) is 0 Å². The average molecular weight is 270 g/mol. The molecule has 0 heterocycles. The third-order valence-electron chi connectivity index (χ3n) is 4.14. The van der Waals surface area contributed by atoms with E-state index in [1.54, 1.807) is 0 Å². The molecule has 0 radical (unpaired) electrons. The summed E-state index contributed by atoms with van der Waals surface area (Å²) in [5.74, 6) is 0. The van der Waals surface area contributed by atoms with Crippen LogP contribution in [-0.4, -0.2) is 0 Å². The zero-order valence-corrected chi connectivity index (χ0v) is 12.5. The Morgan fingerprint density at radius 1 is 0.650 bits per heavy atom. The Kier molecular flexibility index (Phi) is 3.26. The van der Waals surface area contributed by atoms with Crippen LogP contribution in [0, 0.1) is 27.7 Å². The molecule has 106 valence electrons. The van der Waals surface area contributed by atoms with Gasteiger partial charge in [-0.25, -0.2) is 0 Å². The largest absolute Gasteiger partial charge is 0.398 e. The molecule has 0 aliphatic heterocycles. The molecular weight excluding hydrogens is 248 g/mol. The van der Waals surface area contributed by atoms with Crippen molar-refractivity contribution in [2.75, 3.05) is 22.9 Å². The van der Waals surface area contributed by atoms with Gasteiger partial charge in [0.1, 0.15) is 0 Å². The highest BCUT2D eigenvalue weighted by atomic mass is 14.7. The van der Waals surface area contributed by atoms with Gasteiger partial charge in [0, 0.05) is 28.3 Å². The third-order valence-corrected chi connectivity index (χ3v) is 4.14. The smallest absolute Gasteiger partial charge is 0.0447 e. The maximum Gasteiger partial charge on any atom is 0.0447 e. The van der Waals surface area contributed by atoms with E-state index in [1.807, 2.05) is 39.8 Å². The van der Waals surface area contributed by atoms with Crippen molar-refractivity contribution in [1.29, 1.82) is 0 Å². The predicted molar refractivity (Wildman–Crippen MR) is 88.5 cm³/mol. The zero-order chi connectivity index (χ0) is 15.2. The number of rotatable bonds is 1. The van der Waals surface area contributed by atoms with Gasteiger partial charge in [0.15, 0.2) is 0 Å². The van der Waals surface area contributed by atoms with E-state index in [0.717, 1.165) is 33.4 Å². The fourth-order valence-corrected chi connectivity index (χ4v) is 2.48. The summed E-state index contributed by atoms with van der Waals surface area (Å²) in [5.41, 5.74) is 33.0. The molecule has 2 aromatic carbocycles. The maximum atomic E-state index is 6.26. The van der Waals surface area contributed by atoms with E-state index in [9.17, 15) is 0 Å². The van der Waals surface area contributed by atoms with E-state index in [-0.39, 0.29) is 0 Å². The lowest BCUT2D eigenvalue weighted by Crippen LogP contribution is -2.05. The molecule has 0 spiro atoms. The minimum absolute atomic E-state index is 0.649. The second-order valence-electron chi connectivity index (χ2n) is 5.37. The first-order chi connectivity index (χ1) is 9.25. The second-order valence-corrected chi connectivity index (χ2v) is 5.37. The molecule has 0 aliphatic rings. The minimum Gasteiger partial charge on any atom is -0.398 e. The first kappa shape index (κ1) is 14.1. The second kappa shape index (κ2) is 4.63. The molecule has 0 atom stereocenters. The fourth-order valence-electron chi connectivity index (χ4n) is 2.48. The van der Waals surface area contributed by atoms with Crippen LogP contribution >= 0.6 is 0 Å². The van der Waals surface area contributed by atoms with E-state index < -0.39 is 0 Å². The molecular formula is C16H22N4. The van der Waals surface area contributed by atoms with Gasteiger partial charge < -0.3 is 22.9 Å². The Balaban J connectivity index is 2.86. The lowest BCUT2D eigenvalue weighted by molar-refractivity contribution is 1.33. The molecule has 2 rings (SSSR count). The monoisotopic (exact) mass is 270 g/mol. The van der Waals surface area contributed by atoms with Crippen LogP contribution in [0.3, 0.4) is 0 Å². The van der Waals surface area contributed by atoms with Gasteiger partial charge in [-0.1, -0.05) is 0 Å². The summed E-state index contributed by atoms with van der Waals surface area (Å²) in [6.45, 7) is 7.86. The number of nitrogens with two attached hydrogens (primary N) is 4. The van der Waals surface area contributed by atoms with Crippen LogP contribution < -0.4 is 22.9 Å². The molecule has 8 N–H and O–H groups in total. The molecule has 0 aromatic heterocycles. The molecule has 4 heteroatoms. The highest BCUT2D eigenvalue weighted by Crippen LogP contribution is 2.41. The Morgan fingerprint density at radius 3 is 1.85 bits per heavy atom. The van der Waals surface area contributed by atoms with Crippen LogP contribution in [0.2, 0.25) is 0 Å². The Hall–Kier alpha value is -2.36. The van der Waals surface area contributed by atoms with Crippen molar-refractivity contribution in [3.05, 3.63) is 34.4 Å². The topological polar surface area (TPSA) is 104 Å². The molecule has 0 unspecified atom stereocenters. The molecule has 0 fully saturated rings. The molecule has 0 saturated carbocycles. The van der Waals surface area contributed by atoms with Crippen molar-refractivity contribution in [3.8, 4) is 11.1 Å². The summed E-state index contributed by atoms with van der Waals surface area (Å²) in [6.07, 6.45) is 0. The summed E-state index contributed by atoms with van der Waals surface area (Å²) >= 11 is 0. The molecule has 0 bridgehead atoms. The molecule has 0 amide bonds. The van der Waals surface area contributed by atoms with Crippen LogP contribution in [0.4, 0.5) is 22.7 Å². The number of hydrogen-bond acceptors (Lipinski definition) is 4. The normalized spacial score (nSPS) is 10.8. The number of aryl methyl sites for hydroxylation is 1. The Bertz CT molecular complexity index is 703. The minimum atomic E-state index is 0.649. The van der Waals surface area contributed by atoms with Gasteiger partial charge in [0.2, 0.25) is 0 Å². The zero-order valence-electron chi connectivity index (χ0n) is 12.5. The van der Waals surface area contributed by atoms with Crippen LogP contribution in [-0.2, 0) is 0 Å². The molecule has 20 heavy (non-hydrogen) atoms. The van der Waals surface area contributed by atoms with Crippen molar-refractivity contribution in [2.24, 2.45) is 0 Å². The summed E-state index contributed by atoms with van der Waals surface area (Å²) in [6, 6.07) is 3.84. The number of hydrogen-bond donors (Lipinski definition) is 4. The average Bonchev–Trinajstić information content (AvgIpc) is 2.39. The third kappa shape index (κ3) is 1.93. The van der Waals surface area contributed by atoms with Crippen molar-refractivity contribution in [2.45, 2.75) is 27.7 Å². The van der Waals surface area contributed by atoms with Crippen molar-refractivity contribution in [1.82, 2.24) is 0 Å². The van der Waals surface area contributed by atoms with Crippen molar-refractivity contribution >= 4 is 22.7 Å². The van der Waals surface area contributed by atoms with Gasteiger partial charge in [0.25, 0.3) is 0 Å². The number of nitrogen functional groups attached to an aromatic ring is 4. The Labute approximate surface area is 119 Å². The van der Waals surface area contributed by atoms with E-state index >= 15 is 0 Å². The molecule has 0 saturated heterocycles. The Morgan fingerprint density at radius 2 is 1.25 bits per heavy atom. The standard InChI is InChI=1S/C16H22N4/c1-7-5-13(18)14(16(20)8(7)2)11-6-12(17)10(4)15(19)9(11)3/h5-6H,17-20H2,1-4H3. The number of benzene rings is 2. The quantitative estimate of drug-likeness (QED) is 0.598. The fraction of sp³-hybridized carbons (Fsp3) is 0.250.